The van der Waals surface area contributed by atoms with Crippen molar-refractivity contribution in [1.82, 2.24) is 0 Å². The fourth-order valence-electron chi connectivity index (χ4n) is 2.46. The molecule has 0 aromatic heterocycles. The van der Waals surface area contributed by atoms with Crippen LogP contribution in [0.5, 0.6) is 5.75 Å². The lowest BCUT2D eigenvalue weighted by atomic mass is 10.1. The topological polar surface area (TPSA) is 35.2 Å². The molecule has 0 aliphatic rings. The summed E-state index contributed by atoms with van der Waals surface area (Å²) in [6, 6.07) is 6.56. The highest BCUT2D eigenvalue weighted by Crippen LogP contribution is 2.26. The molecule has 112 valence electrons. The molecule has 2 aromatic rings. The van der Waals surface area contributed by atoms with Gasteiger partial charge < -0.3 is 10.5 Å². The number of hydrogen-bond donors (Lipinski definition) is 1. The van der Waals surface area contributed by atoms with E-state index in [4.69, 9.17) is 10.5 Å². The molecule has 0 radical (unpaired) electrons. The fraction of sp³-hybridized carbons (Fsp3) is 0.294. The van der Waals surface area contributed by atoms with Crippen molar-refractivity contribution in [2.75, 3.05) is 6.61 Å². The zero-order valence-corrected chi connectivity index (χ0v) is 12.4. The van der Waals surface area contributed by atoms with Crippen LogP contribution in [-0.4, -0.2) is 6.61 Å². The molecule has 0 saturated heterocycles. The Labute approximate surface area is 123 Å². The first-order valence-corrected chi connectivity index (χ1v) is 6.79. The summed E-state index contributed by atoms with van der Waals surface area (Å²) in [4.78, 5) is 0. The van der Waals surface area contributed by atoms with Gasteiger partial charge in [0.05, 0.1) is 6.04 Å². The van der Waals surface area contributed by atoms with Crippen molar-refractivity contribution in [3.63, 3.8) is 0 Å². The van der Waals surface area contributed by atoms with Gasteiger partial charge in [-0.2, -0.15) is 0 Å². The van der Waals surface area contributed by atoms with Gasteiger partial charge in [0.25, 0.3) is 0 Å². The third kappa shape index (κ3) is 3.58. The molecular weight excluding hydrogens is 272 g/mol. The molecule has 2 nitrogen and oxygen atoms in total. The fourth-order valence-corrected chi connectivity index (χ4v) is 2.46. The van der Waals surface area contributed by atoms with Crippen molar-refractivity contribution in [1.29, 1.82) is 0 Å². The molecule has 0 saturated carbocycles. The monoisotopic (exact) mass is 291 g/mol. The van der Waals surface area contributed by atoms with Crippen molar-refractivity contribution < 1.29 is 13.5 Å². The van der Waals surface area contributed by atoms with Crippen molar-refractivity contribution in [2.45, 2.75) is 26.8 Å². The molecule has 0 spiro atoms. The summed E-state index contributed by atoms with van der Waals surface area (Å²) in [7, 11) is 0. The molecule has 2 aromatic carbocycles. The van der Waals surface area contributed by atoms with Crippen molar-refractivity contribution >= 4 is 0 Å². The zero-order chi connectivity index (χ0) is 15.6. The van der Waals surface area contributed by atoms with E-state index in [0.717, 1.165) is 40.6 Å². The molecule has 0 amide bonds. The van der Waals surface area contributed by atoms with Gasteiger partial charge in [-0.1, -0.05) is 17.7 Å². The minimum Gasteiger partial charge on any atom is -0.491 e. The highest BCUT2D eigenvalue weighted by atomic mass is 19.1. The molecule has 2 N–H and O–H groups in total. The minimum atomic E-state index is -0.721. The Kier molecular flexibility index (Phi) is 4.58. The minimum absolute atomic E-state index is 0.0884. The first kappa shape index (κ1) is 15.4. The zero-order valence-electron chi connectivity index (χ0n) is 12.4. The van der Waals surface area contributed by atoms with E-state index in [1.807, 2.05) is 32.9 Å². The van der Waals surface area contributed by atoms with Crippen LogP contribution in [-0.2, 0) is 0 Å². The van der Waals surface area contributed by atoms with E-state index in [1.54, 1.807) is 0 Å². The van der Waals surface area contributed by atoms with Gasteiger partial charge in [0.1, 0.15) is 24.0 Å². The van der Waals surface area contributed by atoms with Gasteiger partial charge in [0, 0.05) is 5.56 Å². The number of ether oxygens (including phenoxy) is 1. The Morgan fingerprint density at radius 1 is 1.05 bits per heavy atom. The van der Waals surface area contributed by atoms with Crippen molar-refractivity contribution in [3.8, 4) is 5.75 Å². The maximum Gasteiger partial charge on any atom is 0.128 e. The van der Waals surface area contributed by atoms with Gasteiger partial charge in [-0.05, 0) is 50.1 Å². The molecule has 0 heterocycles. The van der Waals surface area contributed by atoms with Crippen LogP contribution in [0.2, 0.25) is 0 Å². The smallest absolute Gasteiger partial charge is 0.128 e. The molecule has 21 heavy (non-hydrogen) atoms. The number of benzene rings is 2. The molecule has 0 bridgehead atoms. The van der Waals surface area contributed by atoms with E-state index >= 15 is 0 Å². The van der Waals surface area contributed by atoms with E-state index in [1.165, 1.54) is 0 Å². The standard InChI is InChI=1S/C17H19F2NO/c1-10-6-11(2)17(12(3)7-10)21-9-16(20)14-8-13(18)4-5-15(14)19/h4-8,16H,9,20H2,1-3H3. The van der Waals surface area contributed by atoms with E-state index in [9.17, 15) is 8.78 Å². The number of hydrogen-bond acceptors (Lipinski definition) is 2. The molecule has 0 aliphatic carbocycles. The van der Waals surface area contributed by atoms with E-state index < -0.39 is 17.7 Å². The molecular formula is C17H19F2NO. The van der Waals surface area contributed by atoms with Crippen molar-refractivity contribution in [3.05, 3.63) is 64.2 Å². The molecule has 2 rings (SSSR count). The maximum atomic E-state index is 13.7. The molecule has 4 heteroatoms. The summed E-state index contributed by atoms with van der Waals surface area (Å²) in [5, 5.41) is 0. The van der Waals surface area contributed by atoms with Crippen LogP contribution in [0.3, 0.4) is 0 Å². The number of rotatable bonds is 4. The van der Waals surface area contributed by atoms with Gasteiger partial charge in [0.15, 0.2) is 0 Å². The summed E-state index contributed by atoms with van der Waals surface area (Å²) >= 11 is 0. The van der Waals surface area contributed by atoms with Gasteiger partial charge >= 0.3 is 0 Å². The molecule has 1 atom stereocenters. The van der Waals surface area contributed by atoms with Gasteiger partial charge in [-0.15, -0.1) is 0 Å². The highest BCUT2D eigenvalue weighted by Gasteiger charge is 2.14. The molecule has 0 fully saturated rings. The summed E-state index contributed by atoms with van der Waals surface area (Å²) in [5.74, 6) is -0.290. The van der Waals surface area contributed by atoms with Crippen LogP contribution >= 0.6 is 0 Å². The largest absolute Gasteiger partial charge is 0.491 e. The third-order valence-electron chi connectivity index (χ3n) is 3.37. The van der Waals surface area contributed by atoms with Gasteiger partial charge in [0.2, 0.25) is 0 Å². The summed E-state index contributed by atoms with van der Waals surface area (Å²) in [6.07, 6.45) is 0. The first-order valence-electron chi connectivity index (χ1n) is 6.79. The predicted octanol–water partition coefficient (Wildman–Crippen LogP) is 3.97. The Hall–Kier alpha value is -1.94. The Morgan fingerprint density at radius 2 is 1.67 bits per heavy atom. The predicted molar refractivity (Wildman–Crippen MR) is 79.4 cm³/mol. The molecule has 0 aliphatic heterocycles. The van der Waals surface area contributed by atoms with Crippen LogP contribution in [0.25, 0.3) is 0 Å². The second kappa shape index (κ2) is 6.22. The van der Waals surface area contributed by atoms with E-state index in [-0.39, 0.29) is 12.2 Å². The van der Waals surface area contributed by atoms with Crippen LogP contribution in [0.4, 0.5) is 8.78 Å². The van der Waals surface area contributed by atoms with Gasteiger partial charge in [-0.25, -0.2) is 8.78 Å². The second-order valence-corrected chi connectivity index (χ2v) is 5.31. The first-order chi connectivity index (χ1) is 9.88. The average molecular weight is 291 g/mol. The number of halogens is 2. The summed E-state index contributed by atoms with van der Waals surface area (Å²) in [5.41, 5.74) is 9.18. The number of aryl methyl sites for hydroxylation is 3. The SMILES string of the molecule is Cc1cc(C)c(OCC(N)c2cc(F)ccc2F)c(C)c1. The van der Waals surface area contributed by atoms with Gasteiger partial charge in [-0.3, -0.25) is 0 Å². The second-order valence-electron chi connectivity index (χ2n) is 5.31. The lowest BCUT2D eigenvalue weighted by Crippen LogP contribution is -2.21. The lowest BCUT2D eigenvalue weighted by Gasteiger charge is -2.17. The maximum absolute atomic E-state index is 13.7. The third-order valence-corrected chi connectivity index (χ3v) is 3.37. The lowest BCUT2D eigenvalue weighted by molar-refractivity contribution is 0.284. The Balaban J connectivity index is 2.15. The highest BCUT2D eigenvalue weighted by molar-refractivity contribution is 5.43. The molecule has 1 unspecified atom stereocenters. The summed E-state index contributed by atoms with van der Waals surface area (Å²) in [6.45, 7) is 6.00. The van der Waals surface area contributed by atoms with Crippen molar-refractivity contribution in [2.24, 2.45) is 5.73 Å². The number of nitrogens with two attached hydrogens (primary N) is 1. The van der Waals surface area contributed by atoms with Crippen LogP contribution in [0, 0.1) is 32.4 Å². The normalized spacial score (nSPS) is 12.3. The Morgan fingerprint density at radius 3 is 2.29 bits per heavy atom. The summed E-state index contributed by atoms with van der Waals surface area (Å²) < 4.78 is 32.6. The quantitative estimate of drug-likeness (QED) is 0.925. The van der Waals surface area contributed by atoms with E-state index in [2.05, 4.69) is 0 Å². The average Bonchev–Trinajstić information content (AvgIpc) is 2.40. The van der Waals surface area contributed by atoms with Crippen LogP contribution in [0.15, 0.2) is 30.3 Å². The van der Waals surface area contributed by atoms with E-state index in [0.29, 0.717) is 0 Å². The van der Waals surface area contributed by atoms with Crippen LogP contribution in [0.1, 0.15) is 28.3 Å². The Bertz CT molecular complexity index is 632. The van der Waals surface area contributed by atoms with Crippen LogP contribution < -0.4 is 10.5 Å².